The van der Waals surface area contributed by atoms with Gasteiger partial charge in [0.15, 0.2) is 5.82 Å². The van der Waals surface area contributed by atoms with Crippen molar-refractivity contribution in [3.8, 4) is 17.8 Å². The number of imidazole rings is 1. The van der Waals surface area contributed by atoms with Crippen LogP contribution in [0.5, 0.6) is 5.88 Å². The normalized spacial score (nSPS) is 10.0. The van der Waals surface area contributed by atoms with E-state index in [1.54, 1.807) is 6.20 Å². The number of ether oxygens (including phenoxy) is 1. The highest BCUT2D eigenvalue weighted by molar-refractivity contribution is 5.60. The van der Waals surface area contributed by atoms with E-state index in [9.17, 15) is 0 Å². The molecule has 0 radical (unpaired) electrons. The third-order valence-electron chi connectivity index (χ3n) is 2.24. The zero-order valence-electron chi connectivity index (χ0n) is 9.87. The number of hydrogen-bond acceptors (Lipinski definition) is 6. The summed E-state index contributed by atoms with van der Waals surface area (Å²) < 4.78 is 6.90. The Balaban J connectivity index is 2.43. The second-order valence-corrected chi connectivity index (χ2v) is 3.50. The molecular weight excluding hydrogens is 232 g/mol. The number of nitrogen functional groups attached to an aromatic ring is 1. The van der Waals surface area contributed by atoms with Gasteiger partial charge in [-0.15, -0.1) is 0 Å². The highest BCUT2D eigenvalue weighted by Gasteiger charge is 2.13. The van der Waals surface area contributed by atoms with Gasteiger partial charge in [0, 0.05) is 12.4 Å². The molecule has 2 rings (SSSR count). The zero-order chi connectivity index (χ0) is 13.0. The smallest absolute Gasteiger partial charge is 0.242 e. The predicted molar refractivity (Wildman–Crippen MR) is 64.1 cm³/mol. The molecule has 2 aromatic rings. The molecule has 0 aliphatic rings. The number of nitrogens with zero attached hydrogens (tertiary/aromatic N) is 5. The van der Waals surface area contributed by atoms with Gasteiger partial charge in [-0.2, -0.15) is 10.2 Å². The van der Waals surface area contributed by atoms with E-state index in [0.29, 0.717) is 24.0 Å². The Morgan fingerprint density at radius 1 is 1.44 bits per heavy atom. The molecule has 0 atom stereocenters. The number of nitrogens with two attached hydrogens (primary N) is 1. The van der Waals surface area contributed by atoms with Crippen molar-refractivity contribution < 1.29 is 4.74 Å². The van der Waals surface area contributed by atoms with Gasteiger partial charge in [0.05, 0.1) is 6.61 Å². The van der Waals surface area contributed by atoms with E-state index in [-0.39, 0.29) is 5.82 Å². The molecule has 2 N–H and O–H groups in total. The third-order valence-corrected chi connectivity index (χ3v) is 2.24. The van der Waals surface area contributed by atoms with Crippen molar-refractivity contribution in [2.24, 2.45) is 0 Å². The summed E-state index contributed by atoms with van der Waals surface area (Å²) in [5.74, 6) is 0.923. The highest BCUT2D eigenvalue weighted by Crippen LogP contribution is 2.24. The summed E-state index contributed by atoms with van der Waals surface area (Å²) in [5, 5.41) is 8.92. The molecular formula is C11H12N6O. The van der Waals surface area contributed by atoms with Gasteiger partial charge in [-0.1, -0.05) is 6.92 Å². The van der Waals surface area contributed by atoms with Crippen molar-refractivity contribution in [2.75, 3.05) is 12.3 Å². The fourth-order valence-electron chi connectivity index (χ4n) is 1.43. The van der Waals surface area contributed by atoms with Crippen molar-refractivity contribution in [3.63, 3.8) is 0 Å². The van der Waals surface area contributed by atoms with Crippen LogP contribution in [0, 0.1) is 11.3 Å². The van der Waals surface area contributed by atoms with Crippen molar-refractivity contribution in [3.05, 3.63) is 24.5 Å². The molecule has 2 aromatic heterocycles. The SMILES string of the molecule is CCCOc1ncnc(-n2ccnc2C#N)c1N. The maximum absolute atomic E-state index is 8.92. The van der Waals surface area contributed by atoms with Crippen LogP contribution in [0.2, 0.25) is 0 Å². The second-order valence-electron chi connectivity index (χ2n) is 3.50. The number of rotatable bonds is 4. The summed E-state index contributed by atoms with van der Waals surface area (Å²) in [6.07, 6.45) is 5.32. The molecule has 92 valence electrons. The van der Waals surface area contributed by atoms with Crippen molar-refractivity contribution in [1.29, 1.82) is 5.26 Å². The molecule has 0 saturated carbocycles. The maximum Gasteiger partial charge on any atom is 0.242 e. The summed E-state index contributed by atoms with van der Waals surface area (Å²) in [6, 6.07) is 1.96. The van der Waals surface area contributed by atoms with Crippen LogP contribution in [-0.2, 0) is 0 Å². The van der Waals surface area contributed by atoms with Gasteiger partial charge in [-0.05, 0) is 6.42 Å². The van der Waals surface area contributed by atoms with Crippen molar-refractivity contribution in [2.45, 2.75) is 13.3 Å². The highest BCUT2D eigenvalue weighted by atomic mass is 16.5. The first-order valence-electron chi connectivity index (χ1n) is 5.45. The molecule has 0 amide bonds. The molecule has 18 heavy (non-hydrogen) atoms. The number of nitriles is 1. The van der Waals surface area contributed by atoms with Crippen LogP contribution in [0.25, 0.3) is 5.82 Å². The molecule has 7 heteroatoms. The van der Waals surface area contributed by atoms with E-state index in [2.05, 4.69) is 15.0 Å². The van der Waals surface area contributed by atoms with E-state index in [0.717, 1.165) is 6.42 Å². The minimum absolute atomic E-state index is 0.210. The van der Waals surface area contributed by atoms with Gasteiger partial charge in [0.25, 0.3) is 0 Å². The maximum atomic E-state index is 8.92. The lowest BCUT2D eigenvalue weighted by atomic mass is 10.4. The Morgan fingerprint density at radius 3 is 3.00 bits per heavy atom. The average Bonchev–Trinajstić information content (AvgIpc) is 2.85. The average molecular weight is 244 g/mol. The van der Waals surface area contributed by atoms with Crippen LogP contribution >= 0.6 is 0 Å². The first kappa shape index (κ1) is 11.9. The van der Waals surface area contributed by atoms with E-state index in [1.807, 2.05) is 13.0 Å². The summed E-state index contributed by atoms with van der Waals surface area (Å²) in [6.45, 7) is 2.51. The first-order valence-corrected chi connectivity index (χ1v) is 5.45. The molecule has 0 aromatic carbocycles. The van der Waals surface area contributed by atoms with Crippen LogP contribution < -0.4 is 10.5 Å². The first-order chi connectivity index (χ1) is 8.77. The Labute approximate surface area is 104 Å². The summed E-state index contributed by atoms with van der Waals surface area (Å²) in [7, 11) is 0. The fourth-order valence-corrected chi connectivity index (χ4v) is 1.43. The van der Waals surface area contributed by atoms with Crippen LogP contribution in [-0.4, -0.2) is 26.1 Å². The lowest BCUT2D eigenvalue weighted by molar-refractivity contribution is 0.306. The summed E-state index contributed by atoms with van der Waals surface area (Å²) in [4.78, 5) is 11.9. The summed E-state index contributed by atoms with van der Waals surface area (Å²) in [5.41, 5.74) is 6.22. The minimum Gasteiger partial charge on any atom is -0.476 e. The molecule has 0 bridgehead atoms. The molecule has 0 unspecified atom stereocenters. The van der Waals surface area contributed by atoms with Crippen LogP contribution in [0.15, 0.2) is 18.7 Å². The quantitative estimate of drug-likeness (QED) is 0.857. The van der Waals surface area contributed by atoms with Crippen LogP contribution in [0.1, 0.15) is 19.2 Å². The summed E-state index contributed by atoms with van der Waals surface area (Å²) >= 11 is 0. The topological polar surface area (TPSA) is 103 Å². The van der Waals surface area contributed by atoms with Gasteiger partial charge in [-0.3, -0.25) is 4.57 Å². The van der Waals surface area contributed by atoms with Gasteiger partial charge < -0.3 is 10.5 Å². The van der Waals surface area contributed by atoms with Gasteiger partial charge in [-0.25, -0.2) is 9.97 Å². The molecule has 0 aliphatic carbocycles. The number of aromatic nitrogens is 4. The van der Waals surface area contributed by atoms with Gasteiger partial charge in [0.2, 0.25) is 11.7 Å². The molecule has 0 aliphatic heterocycles. The molecule has 7 nitrogen and oxygen atoms in total. The lowest BCUT2D eigenvalue weighted by Gasteiger charge is -2.10. The van der Waals surface area contributed by atoms with Crippen LogP contribution in [0.3, 0.4) is 0 Å². The van der Waals surface area contributed by atoms with E-state index in [1.165, 1.54) is 17.1 Å². The van der Waals surface area contributed by atoms with Crippen LogP contribution in [0.4, 0.5) is 5.69 Å². The standard InChI is InChI=1S/C11H12N6O/c1-2-5-18-11-9(13)10(15-7-16-11)17-4-3-14-8(17)6-12/h3-4,7H,2,5,13H2,1H3. The predicted octanol–water partition coefficient (Wildman–Crippen LogP) is 0.905. The molecule has 0 spiro atoms. The Kier molecular flexibility index (Phi) is 3.38. The zero-order valence-corrected chi connectivity index (χ0v) is 9.87. The molecule has 2 heterocycles. The Hall–Kier alpha value is -2.62. The Bertz CT molecular complexity index is 585. The van der Waals surface area contributed by atoms with Gasteiger partial charge in [0.1, 0.15) is 18.1 Å². The molecule has 0 fully saturated rings. The monoisotopic (exact) mass is 244 g/mol. The third kappa shape index (κ3) is 2.08. The van der Waals surface area contributed by atoms with Gasteiger partial charge >= 0.3 is 0 Å². The van der Waals surface area contributed by atoms with E-state index < -0.39 is 0 Å². The Morgan fingerprint density at radius 2 is 2.28 bits per heavy atom. The number of hydrogen-bond donors (Lipinski definition) is 1. The van der Waals surface area contributed by atoms with E-state index >= 15 is 0 Å². The largest absolute Gasteiger partial charge is 0.476 e. The molecule has 0 saturated heterocycles. The van der Waals surface area contributed by atoms with E-state index in [4.69, 9.17) is 15.7 Å². The van der Waals surface area contributed by atoms with Crippen molar-refractivity contribution >= 4 is 5.69 Å². The fraction of sp³-hybridized carbons (Fsp3) is 0.273. The second kappa shape index (κ2) is 5.14. The van der Waals surface area contributed by atoms with Crippen molar-refractivity contribution in [1.82, 2.24) is 19.5 Å². The minimum atomic E-state index is 0.210. The number of anilines is 1. The lowest BCUT2D eigenvalue weighted by Crippen LogP contribution is -2.08.